The molecule has 0 N–H and O–H groups in total. The van der Waals surface area contributed by atoms with E-state index in [1.165, 1.54) is 7.11 Å². The first-order valence-corrected chi connectivity index (χ1v) is 12.0. The van der Waals surface area contributed by atoms with Crippen LogP contribution in [0.4, 0.5) is 10.5 Å². The predicted molar refractivity (Wildman–Crippen MR) is 126 cm³/mol. The highest BCUT2D eigenvalue weighted by molar-refractivity contribution is 5.91. The van der Waals surface area contributed by atoms with Crippen molar-refractivity contribution in [2.45, 2.75) is 63.3 Å². The van der Waals surface area contributed by atoms with Gasteiger partial charge in [0.05, 0.1) is 25.3 Å². The van der Waals surface area contributed by atoms with Crippen molar-refractivity contribution in [3.8, 4) is 0 Å². The molecule has 2 saturated carbocycles. The average molecular weight is 463 g/mol. The third-order valence-electron chi connectivity index (χ3n) is 7.24. The van der Waals surface area contributed by atoms with Gasteiger partial charge in [0.1, 0.15) is 6.61 Å². The minimum absolute atomic E-state index is 0.00201. The first-order chi connectivity index (χ1) is 16.6. The van der Waals surface area contributed by atoms with Crippen molar-refractivity contribution in [2.75, 3.05) is 12.0 Å². The lowest BCUT2D eigenvalue weighted by molar-refractivity contribution is -0.145. The Kier molecular flexibility index (Phi) is 6.26. The fraction of sp³-hybridized carbons (Fsp3) is 0.444. The number of hydrogen-bond donors (Lipinski definition) is 0. The molecule has 1 heterocycles. The molecule has 2 amide bonds. The zero-order valence-electron chi connectivity index (χ0n) is 19.4. The Labute approximate surface area is 199 Å². The Hall–Kier alpha value is -3.35. The van der Waals surface area contributed by atoms with E-state index in [0.29, 0.717) is 0 Å². The van der Waals surface area contributed by atoms with Crippen LogP contribution in [0, 0.1) is 5.92 Å². The Morgan fingerprint density at radius 2 is 1.68 bits per heavy atom. The molecule has 0 unspecified atom stereocenters. The van der Waals surface area contributed by atoms with Crippen molar-refractivity contribution in [1.29, 1.82) is 0 Å². The molecule has 178 valence electrons. The van der Waals surface area contributed by atoms with Gasteiger partial charge < -0.3 is 14.4 Å². The van der Waals surface area contributed by atoms with E-state index < -0.39 is 0 Å². The Balaban J connectivity index is 1.41. The summed E-state index contributed by atoms with van der Waals surface area (Å²) in [4.78, 5) is 42.0. The summed E-state index contributed by atoms with van der Waals surface area (Å²) >= 11 is 0. The van der Waals surface area contributed by atoms with E-state index >= 15 is 0 Å². The van der Waals surface area contributed by atoms with Gasteiger partial charge in [-0.3, -0.25) is 14.5 Å². The zero-order valence-corrected chi connectivity index (χ0v) is 19.4. The Bertz CT molecular complexity index is 1070. The van der Waals surface area contributed by atoms with Gasteiger partial charge in [-0.05, 0) is 42.9 Å². The maximum Gasteiger partial charge on any atom is 0.414 e. The molecule has 2 aromatic rings. The number of methoxy groups -OCH3 is 1. The number of nitrogens with zero attached hydrogens (tertiary/aromatic N) is 2. The number of fused-ring (bicyclic) bond motifs is 2. The van der Waals surface area contributed by atoms with Crippen molar-refractivity contribution >= 4 is 23.7 Å². The number of benzene rings is 2. The number of para-hydroxylation sites is 1. The smallest absolute Gasteiger partial charge is 0.414 e. The van der Waals surface area contributed by atoms with Crippen LogP contribution in [-0.2, 0) is 25.7 Å². The SMILES string of the molecule is COC(=O)CCC(=O)N(C1CC1)[C@H]1c2ccccc2N(C(=O)OCc2ccccc2)[C@@H]2CC[C@@H]21. The highest BCUT2D eigenvalue weighted by Crippen LogP contribution is 2.54. The molecule has 0 bridgehead atoms. The summed E-state index contributed by atoms with van der Waals surface area (Å²) < 4.78 is 10.4. The third kappa shape index (κ3) is 4.27. The minimum atomic E-state index is -0.373. The summed E-state index contributed by atoms with van der Waals surface area (Å²) in [5.41, 5.74) is 2.75. The van der Waals surface area contributed by atoms with E-state index in [1.807, 2.05) is 59.5 Å². The van der Waals surface area contributed by atoms with Gasteiger partial charge in [-0.1, -0.05) is 48.5 Å². The van der Waals surface area contributed by atoms with Gasteiger partial charge in [0.15, 0.2) is 0 Å². The summed E-state index contributed by atoms with van der Waals surface area (Å²) in [7, 11) is 1.34. The summed E-state index contributed by atoms with van der Waals surface area (Å²) in [6.07, 6.45) is 3.65. The summed E-state index contributed by atoms with van der Waals surface area (Å²) in [5.74, 6) is -0.234. The van der Waals surface area contributed by atoms with Crippen molar-refractivity contribution in [3.05, 3.63) is 65.7 Å². The topological polar surface area (TPSA) is 76.2 Å². The van der Waals surface area contributed by atoms with Crippen LogP contribution >= 0.6 is 0 Å². The summed E-state index contributed by atoms with van der Waals surface area (Å²) in [6, 6.07) is 17.6. The molecule has 3 aliphatic rings. The molecule has 3 atom stereocenters. The molecule has 1 aliphatic heterocycles. The van der Waals surface area contributed by atoms with Crippen LogP contribution in [0.5, 0.6) is 0 Å². The average Bonchev–Trinajstić information content (AvgIpc) is 3.68. The summed E-state index contributed by atoms with van der Waals surface area (Å²) in [5, 5.41) is 0. The maximum absolute atomic E-state index is 13.3. The fourth-order valence-electron chi connectivity index (χ4n) is 5.32. The zero-order chi connectivity index (χ0) is 23.7. The monoisotopic (exact) mass is 462 g/mol. The molecule has 2 fully saturated rings. The van der Waals surface area contributed by atoms with Crippen molar-refractivity contribution in [2.24, 2.45) is 5.92 Å². The predicted octanol–water partition coefficient (Wildman–Crippen LogP) is 4.61. The van der Waals surface area contributed by atoms with Gasteiger partial charge in [-0.2, -0.15) is 0 Å². The number of ether oxygens (including phenoxy) is 2. The summed E-state index contributed by atoms with van der Waals surface area (Å²) in [6.45, 7) is 0.222. The first kappa shape index (κ1) is 22.4. The van der Waals surface area contributed by atoms with E-state index in [4.69, 9.17) is 9.47 Å². The van der Waals surface area contributed by atoms with Gasteiger partial charge in [0.2, 0.25) is 5.91 Å². The van der Waals surface area contributed by atoms with Crippen LogP contribution in [0.25, 0.3) is 0 Å². The van der Waals surface area contributed by atoms with Gasteiger partial charge in [-0.15, -0.1) is 0 Å². The van der Waals surface area contributed by atoms with E-state index in [1.54, 1.807) is 4.90 Å². The molecule has 5 rings (SSSR count). The standard InChI is InChI=1S/C27H30N2O5/c1-33-25(31)16-15-24(30)28(19-11-12-19)26-20-9-5-6-10-22(20)29(23-14-13-21(23)26)27(32)34-17-18-7-3-2-4-8-18/h2-10,19,21,23,26H,11-17H2,1H3/t21-,23+,26-/m0/s1. The largest absolute Gasteiger partial charge is 0.469 e. The molecule has 0 aromatic heterocycles. The lowest BCUT2D eigenvalue weighted by Crippen LogP contribution is -2.59. The Morgan fingerprint density at radius 1 is 0.941 bits per heavy atom. The van der Waals surface area contributed by atoms with Gasteiger partial charge in [-0.25, -0.2) is 4.79 Å². The molecule has 7 nitrogen and oxygen atoms in total. The highest BCUT2D eigenvalue weighted by atomic mass is 16.6. The number of esters is 1. The number of carbonyl (C=O) groups is 3. The molecule has 34 heavy (non-hydrogen) atoms. The van der Waals surface area contributed by atoms with Crippen LogP contribution in [-0.4, -0.2) is 42.1 Å². The van der Waals surface area contributed by atoms with Crippen LogP contribution in [0.15, 0.2) is 54.6 Å². The van der Waals surface area contributed by atoms with E-state index in [9.17, 15) is 14.4 Å². The second-order valence-electron chi connectivity index (χ2n) is 9.33. The molecule has 0 saturated heterocycles. The van der Waals surface area contributed by atoms with E-state index in [0.717, 1.165) is 42.5 Å². The number of amides is 2. The number of anilines is 1. The first-order valence-electron chi connectivity index (χ1n) is 12.0. The number of rotatable bonds is 7. The van der Waals surface area contributed by atoms with Gasteiger partial charge in [0.25, 0.3) is 0 Å². The van der Waals surface area contributed by atoms with Crippen LogP contribution in [0.2, 0.25) is 0 Å². The van der Waals surface area contributed by atoms with Gasteiger partial charge in [0, 0.05) is 24.4 Å². The van der Waals surface area contributed by atoms with Crippen LogP contribution in [0.3, 0.4) is 0 Å². The quantitative estimate of drug-likeness (QED) is 0.562. The van der Waals surface area contributed by atoms with E-state index in [-0.39, 0.29) is 61.5 Å². The van der Waals surface area contributed by atoms with Crippen LogP contribution < -0.4 is 4.90 Å². The lowest BCUT2D eigenvalue weighted by atomic mass is 9.68. The molecule has 0 radical (unpaired) electrons. The molecule has 0 spiro atoms. The van der Waals surface area contributed by atoms with Crippen molar-refractivity contribution in [3.63, 3.8) is 0 Å². The number of carbonyl (C=O) groups excluding carboxylic acids is 3. The van der Waals surface area contributed by atoms with Crippen molar-refractivity contribution < 1.29 is 23.9 Å². The normalized spacial score (nSPS) is 22.6. The third-order valence-corrected chi connectivity index (χ3v) is 7.24. The molecule has 2 aliphatic carbocycles. The molecule has 7 heteroatoms. The van der Waals surface area contributed by atoms with E-state index in [2.05, 4.69) is 0 Å². The fourth-order valence-corrected chi connectivity index (χ4v) is 5.32. The maximum atomic E-state index is 13.3. The molecule has 2 aromatic carbocycles. The lowest BCUT2D eigenvalue weighted by Gasteiger charge is -2.54. The van der Waals surface area contributed by atoms with Gasteiger partial charge >= 0.3 is 12.1 Å². The second kappa shape index (κ2) is 9.49. The molecular formula is C27H30N2O5. The minimum Gasteiger partial charge on any atom is -0.469 e. The molecular weight excluding hydrogens is 432 g/mol. The number of hydrogen-bond acceptors (Lipinski definition) is 5. The Morgan fingerprint density at radius 3 is 2.35 bits per heavy atom. The van der Waals surface area contributed by atoms with Crippen molar-refractivity contribution in [1.82, 2.24) is 4.90 Å². The van der Waals surface area contributed by atoms with Crippen LogP contribution in [0.1, 0.15) is 55.7 Å². The second-order valence-corrected chi connectivity index (χ2v) is 9.33. The highest BCUT2D eigenvalue weighted by Gasteiger charge is 2.53.